The average molecular weight is 440 g/mol. The first kappa shape index (κ1) is 21.3. The highest BCUT2D eigenvalue weighted by molar-refractivity contribution is 7.93. The third-order valence-corrected chi connectivity index (χ3v) is 7.17. The summed E-state index contributed by atoms with van der Waals surface area (Å²) in [4.78, 5) is 25.9. The molecule has 7 nitrogen and oxygen atoms in total. The van der Waals surface area contributed by atoms with Crippen LogP contribution < -0.4 is 10.0 Å². The number of nitrogens with zero attached hydrogens (tertiary/aromatic N) is 1. The average Bonchev–Trinajstić information content (AvgIpc) is 2.94. The summed E-state index contributed by atoms with van der Waals surface area (Å²) in [6.07, 6.45) is 2.93. The summed E-state index contributed by atoms with van der Waals surface area (Å²) in [6.45, 7) is 3.68. The fourth-order valence-electron chi connectivity index (χ4n) is 3.80. The van der Waals surface area contributed by atoms with Crippen LogP contribution in [0.3, 0.4) is 0 Å². The van der Waals surface area contributed by atoms with E-state index in [1.165, 1.54) is 4.90 Å². The normalized spacial score (nSPS) is 17.9. The maximum atomic E-state index is 12.7. The number of nitrogens with one attached hydrogen (secondary N) is 2. The molecule has 2 N–H and O–H groups in total. The SMILES string of the molecule is CC1(C)NC(=O)N(Cc2ccc(CNS(=O)(=O)C3=Cc4ccccc4CC3)cc2)C1=O. The Labute approximate surface area is 182 Å². The molecule has 0 aromatic heterocycles. The van der Waals surface area contributed by atoms with E-state index in [4.69, 9.17) is 0 Å². The van der Waals surface area contributed by atoms with Gasteiger partial charge in [-0.05, 0) is 55.0 Å². The molecule has 0 bridgehead atoms. The van der Waals surface area contributed by atoms with Crippen molar-refractivity contribution >= 4 is 28.0 Å². The number of aryl methyl sites for hydroxylation is 1. The van der Waals surface area contributed by atoms with Crippen molar-refractivity contribution in [2.75, 3.05) is 0 Å². The first-order valence-corrected chi connectivity index (χ1v) is 11.6. The minimum absolute atomic E-state index is 0.164. The van der Waals surface area contributed by atoms with E-state index in [1.807, 2.05) is 24.3 Å². The van der Waals surface area contributed by atoms with Crippen molar-refractivity contribution in [3.63, 3.8) is 0 Å². The second-order valence-electron chi connectivity index (χ2n) is 8.40. The minimum atomic E-state index is -3.58. The van der Waals surface area contributed by atoms with Crippen LogP contribution in [0.15, 0.2) is 53.4 Å². The van der Waals surface area contributed by atoms with Crippen molar-refractivity contribution in [1.29, 1.82) is 0 Å². The van der Waals surface area contributed by atoms with Gasteiger partial charge in [0.1, 0.15) is 5.54 Å². The maximum absolute atomic E-state index is 12.7. The quantitative estimate of drug-likeness (QED) is 0.677. The van der Waals surface area contributed by atoms with Gasteiger partial charge < -0.3 is 5.32 Å². The first-order chi connectivity index (χ1) is 14.7. The van der Waals surface area contributed by atoms with Crippen LogP contribution in [0.5, 0.6) is 0 Å². The highest BCUT2D eigenvalue weighted by Crippen LogP contribution is 2.26. The highest BCUT2D eigenvalue weighted by Gasteiger charge is 2.44. The molecule has 162 valence electrons. The van der Waals surface area contributed by atoms with Gasteiger partial charge in [0.2, 0.25) is 10.0 Å². The molecule has 0 radical (unpaired) electrons. The Balaban J connectivity index is 1.39. The summed E-state index contributed by atoms with van der Waals surface area (Å²) in [6, 6.07) is 14.6. The summed E-state index contributed by atoms with van der Waals surface area (Å²) in [7, 11) is -3.58. The number of imide groups is 1. The number of carbonyl (C=O) groups excluding carboxylic acids is 2. The van der Waals surface area contributed by atoms with Gasteiger partial charge in [0, 0.05) is 6.54 Å². The topological polar surface area (TPSA) is 95.6 Å². The number of urea groups is 1. The second-order valence-corrected chi connectivity index (χ2v) is 10.2. The van der Waals surface area contributed by atoms with Crippen LogP contribution in [-0.2, 0) is 34.3 Å². The van der Waals surface area contributed by atoms with E-state index in [2.05, 4.69) is 10.0 Å². The van der Waals surface area contributed by atoms with E-state index in [-0.39, 0.29) is 19.0 Å². The summed E-state index contributed by atoms with van der Waals surface area (Å²) < 4.78 is 28.1. The van der Waals surface area contributed by atoms with Crippen LogP contribution in [0, 0.1) is 0 Å². The van der Waals surface area contributed by atoms with Gasteiger partial charge in [-0.2, -0.15) is 0 Å². The molecule has 0 unspecified atom stereocenters. The molecule has 2 aliphatic rings. The summed E-state index contributed by atoms with van der Waals surface area (Å²) in [5.74, 6) is -0.267. The van der Waals surface area contributed by atoms with E-state index >= 15 is 0 Å². The van der Waals surface area contributed by atoms with Gasteiger partial charge in [-0.3, -0.25) is 9.69 Å². The van der Waals surface area contributed by atoms with E-state index in [0.717, 1.165) is 22.3 Å². The molecule has 1 aliphatic carbocycles. The first-order valence-electron chi connectivity index (χ1n) is 10.2. The number of hydrogen-bond donors (Lipinski definition) is 2. The molecule has 1 saturated heterocycles. The summed E-state index contributed by atoms with van der Waals surface area (Å²) in [5.41, 5.74) is 2.79. The predicted octanol–water partition coefficient (Wildman–Crippen LogP) is 2.92. The fourth-order valence-corrected chi connectivity index (χ4v) is 4.99. The Kier molecular flexibility index (Phi) is 5.45. The molecular weight excluding hydrogens is 414 g/mol. The molecule has 0 atom stereocenters. The van der Waals surface area contributed by atoms with Gasteiger partial charge in [0.15, 0.2) is 0 Å². The lowest BCUT2D eigenvalue weighted by Gasteiger charge is -2.17. The predicted molar refractivity (Wildman–Crippen MR) is 118 cm³/mol. The fraction of sp³-hybridized carbons (Fsp3) is 0.304. The van der Waals surface area contributed by atoms with Crippen molar-refractivity contribution in [2.45, 2.75) is 45.3 Å². The van der Waals surface area contributed by atoms with Crippen LogP contribution in [-0.4, -0.2) is 30.8 Å². The molecule has 2 aromatic rings. The van der Waals surface area contributed by atoms with Crippen molar-refractivity contribution < 1.29 is 18.0 Å². The van der Waals surface area contributed by atoms with Gasteiger partial charge in [-0.15, -0.1) is 0 Å². The number of sulfonamides is 1. The number of amides is 3. The highest BCUT2D eigenvalue weighted by atomic mass is 32.2. The Morgan fingerprint density at radius 3 is 2.35 bits per heavy atom. The van der Waals surface area contributed by atoms with Crippen LogP contribution in [0.4, 0.5) is 4.79 Å². The molecule has 1 fully saturated rings. The summed E-state index contributed by atoms with van der Waals surface area (Å²) in [5, 5.41) is 2.65. The zero-order valence-electron chi connectivity index (χ0n) is 17.5. The molecule has 2 aromatic carbocycles. The number of allylic oxidation sites excluding steroid dienone is 1. The molecule has 4 rings (SSSR count). The second kappa shape index (κ2) is 7.94. The smallest absolute Gasteiger partial charge is 0.324 e. The van der Waals surface area contributed by atoms with E-state index in [0.29, 0.717) is 17.7 Å². The van der Waals surface area contributed by atoms with Crippen LogP contribution in [0.1, 0.15) is 42.5 Å². The van der Waals surface area contributed by atoms with Crippen LogP contribution in [0.2, 0.25) is 0 Å². The zero-order valence-corrected chi connectivity index (χ0v) is 18.3. The standard InChI is InChI=1S/C23H25N3O4S/c1-23(2)21(27)26(22(28)25-23)15-17-9-7-16(8-10-17)14-24-31(29,30)20-12-11-18-5-3-4-6-19(18)13-20/h3-10,13,24H,11-12,14-15H2,1-2H3,(H,25,28). The molecule has 1 heterocycles. The number of rotatable bonds is 6. The molecule has 1 aliphatic heterocycles. The van der Waals surface area contributed by atoms with Crippen molar-refractivity contribution in [2.24, 2.45) is 0 Å². The summed E-state index contributed by atoms with van der Waals surface area (Å²) >= 11 is 0. The van der Waals surface area contributed by atoms with E-state index in [9.17, 15) is 18.0 Å². The lowest BCUT2D eigenvalue weighted by atomic mass is 9.98. The van der Waals surface area contributed by atoms with Gasteiger partial charge in [0.05, 0.1) is 11.4 Å². The molecule has 31 heavy (non-hydrogen) atoms. The number of fused-ring (bicyclic) bond motifs is 1. The number of carbonyl (C=O) groups is 2. The minimum Gasteiger partial charge on any atom is -0.324 e. The third kappa shape index (κ3) is 4.40. The third-order valence-electron chi connectivity index (χ3n) is 5.63. The van der Waals surface area contributed by atoms with Gasteiger partial charge >= 0.3 is 6.03 Å². The molecule has 3 amide bonds. The van der Waals surface area contributed by atoms with E-state index in [1.54, 1.807) is 44.2 Å². The van der Waals surface area contributed by atoms with Crippen molar-refractivity contribution in [3.05, 3.63) is 75.7 Å². The Hall–Kier alpha value is -2.97. The van der Waals surface area contributed by atoms with Crippen molar-refractivity contribution in [1.82, 2.24) is 14.9 Å². The number of hydrogen-bond acceptors (Lipinski definition) is 4. The lowest BCUT2D eigenvalue weighted by molar-refractivity contribution is -0.130. The maximum Gasteiger partial charge on any atom is 0.325 e. The van der Waals surface area contributed by atoms with Crippen molar-refractivity contribution in [3.8, 4) is 0 Å². The molecule has 0 spiro atoms. The van der Waals surface area contributed by atoms with Gasteiger partial charge in [0.25, 0.3) is 5.91 Å². The zero-order chi connectivity index (χ0) is 22.2. The Morgan fingerprint density at radius 1 is 1.00 bits per heavy atom. The van der Waals surface area contributed by atoms with E-state index < -0.39 is 21.6 Å². The molecular formula is C23H25N3O4S. The molecule has 0 saturated carbocycles. The van der Waals surface area contributed by atoms with Gasteiger partial charge in [-0.1, -0.05) is 48.5 Å². The van der Waals surface area contributed by atoms with Gasteiger partial charge in [-0.25, -0.2) is 17.9 Å². The van der Waals surface area contributed by atoms with Crippen LogP contribution in [0.25, 0.3) is 6.08 Å². The lowest BCUT2D eigenvalue weighted by Crippen LogP contribution is -2.40. The number of benzene rings is 2. The Morgan fingerprint density at radius 2 is 1.68 bits per heavy atom. The molecule has 8 heteroatoms. The largest absolute Gasteiger partial charge is 0.325 e. The Bertz CT molecular complexity index is 1170. The monoisotopic (exact) mass is 439 g/mol. The van der Waals surface area contributed by atoms with Crippen LogP contribution >= 0.6 is 0 Å².